The molecule has 1 aliphatic heterocycles. The van der Waals surface area contributed by atoms with Crippen LogP contribution in [0.3, 0.4) is 0 Å². The average molecular weight is 258 g/mol. The largest absolute Gasteiger partial charge is 0.329 e. The van der Waals surface area contributed by atoms with Crippen molar-refractivity contribution in [2.75, 3.05) is 13.1 Å². The van der Waals surface area contributed by atoms with Gasteiger partial charge in [-0.1, -0.05) is 30.3 Å². The Balaban J connectivity index is 1.82. The lowest BCUT2D eigenvalue weighted by Gasteiger charge is -2.34. The zero-order valence-corrected chi connectivity index (χ0v) is 11.2. The molecule has 0 radical (unpaired) electrons. The van der Waals surface area contributed by atoms with Gasteiger partial charge in [-0.05, 0) is 29.0 Å². The maximum atomic E-state index is 5.98. The lowest BCUT2D eigenvalue weighted by atomic mass is 9.98. The summed E-state index contributed by atoms with van der Waals surface area (Å²) in [5.41, 5.74) is 8.93. The Kier molecular flexibility index (Phi) is 3.46. The van der Waals surface area contributed by atoms with Gasteiger partial charge in [-0.3, -0.25) is 4.90 Å². The first-order chi connectivity index (χ1) is 8.88. The van der Waals surface area contributed by atoms with Crippen molar-refractivity contribution in [1.82, 2.24) is 4.90 Å². The number of benzene rings is 1. The number of fused-ring (bicyclic) bond motifs is 1. The molecule has 94 valence electrons. The predicted octanol–water partition coefficient (Wildman–Crippen LogP) is 2.81. The molecule has 3 heteroatoms. The third-order valence-electron chi connectivity index (χ3n) is 3.70. The van der Waals surface area contributed by atoms with E-state index in [0.717, 1.165) is 19.5 Å². The van der Waals surface area contributed by atoms with Gasteiger partial charge in [-0.25, -0.2) is 0 Å². The van der Waals surface area contributed by atoms with Crippen LogP contribution < -0.4 is 5.73 Å². The fourth-order valence-electron chi connectivity index (χ4n) is 2.71. The molecule has 3 rings (SSSR count). The highest BCUT2D eigenvalue weighted by atomic mass is 32.1. The van der Waals surface area contributed by atoms with Crippen LogP contribution in [0.1, 0.15) is 22.0 Å². The highest BCUT2D eigenvalue weighted by Crippen LogP contribution is 2.29. The fourth-order valence-corrected chi connectivity index (χ4v) is 3.58. The molecule has 1 aromatic carbocycles. The second-order valence-electron chi connectivity index (χ2n) is 4.76. The van der Waals surface area contributed by atoms with Gasteiger partial charge in [0.2, 0.25) is 0 Å². The van der Waals surface area contributed by atoms with Crippen molar-refractivity contribution in [2.24, 2.45) is 5.73 Å². The van der Waals surface area contributed by atoms with Crippen molar-refractivity contribution in [3.8, 4) is 0 Å². The number of hydrogen-bond acceptors (Lipinski definition) is 3. The first-order valence-corrected chi connectivity index (χ1v) is 7.31. The van der Waals surface area contributed by atoms with Crippen LogP contribution in [0.5, 0.6) is 0 Å². The quantitative estimate of drug-likeness (QED) is 0.917. The molecular formula is C15H18N2S. The standard InChI is InChI=1S/C15H18N2S/c16-10-14(15-6-3-9-18-15)17-8-7-12-4-1-2-5-13(12)11-17/h1-6,9,14H,7-8,10-11,16H2. The molecule has 0 aliphatic carbocycles. The maximum absolute atomic E-state index is 5.98. The van der Waals surface area contributed by atoms with E-state index in [-0.39, 0.29) is 0 Å². The summed E-state index contributed by atoms with van der Waals surface area (Å²) in [5, 5.41) is 2.13. The molecule has 0 spiro atoms. The Morgan fingerprint density at radius 3 is 2.72 bits per heavy atom. The normalized spacial score (nSPS) is 17.4. The van der Waals surface area contributed by atoms with Crippen LogP contribution in [0.25, 0.3) is 0 Å². The van der Waals surface area contributed by atoms with Crippen molar-refractivity contribution in [3.63, 3.8) is 0 Å². The summed E-state index contributed by atoms with van der Waals surface area (Å²) in [6.07, 6.45) is 1.14. The monoisotopic (exact) mass is 258 g/mol. The van der Waals surface area contributed by atoms with Crippen LogP contribution >= 0.6 is 11.3 Å². The van der Waals surface area contributed by atoms with Crippen molar-refractivity contribution < 1.29 is 0 Å². The molecule has 0 saturated heterocycles. The molecule has 2 heterocycles. The van der Waals surface area contributed by atoms with Crippen LogP contribution in [0.15, 0.2) is 41.8 Å². The Bertz CT molecular complexity index is 507. The zero-order valence-electron chi connectivity index (χ0n) is 10.4. The average Bonchev–Trinajstić information content (AvgIpc) is 2.93. The fraction of sp³-hybridized carbons (Fsp3) is 0.333. The topological polar surface area (TPSA) is 29.3 Å². The first-order valence-electron chi connectivity index (χ1n) is 6.43. The lowest BCUT2D eigenvalue weighted by molar-refractivity contribution is 0.186. The highest BCUT2D eigenvalue weighted by Gasteiger charge is 2.24. The molecule has 1 aliphatic rings. The van der Waals surface area contributed by atoms with E-state index in [4.69, 9.17) is 5.73 Å². The van der Waals surface area contributed by atoms with Crippen molar-refractivity contribution >= 4 is 11.3 Å². The second-order valence-corrected chi connectivity index (χ2v) is 5.74. The number of thiophene rings is 1. The molecule has 2 aromatic rings. The molecule has 2 N–H and O–H groups in total. The van der Waals surface area contributed by atoms with E-state index in [1.807, 2.05) is 11.3 Å². The smallest absolute Gasteiger partial charge is 0.0567 e. The van der Waals surface area contributed by atoms with E-state index in [1.165, 1.54) is 16.0 Å². The van der Waals surface area contributed by atoms with E-state index < -0.39 is 0 Å². The minimum absolute atomic E-state index is 0.373. The Morgan fingerprint density at radius 1 is 1.17 bits per heavy atom. The van der Waals surface area contributed by atoms with Crippen LogP contribution in [0.2, 0.25) is 0 Å². The van der Waals surface area contributed by atoms with E-state index in [1.54, 1.807) is 0 Å². The number of nitrogens with zero attached hydrogens (tertiary/aromatic N) is 1. The number of nitrogens with two attached hydrogens (primary N) is 1. The van der Waals surface area contributed by atoms with Gasteiger partial charge in [-0.15, -0.1) is 11.3 Å². The van der Waals surface area contributed by atoms with Crippen molar-refractivity contribution in [2.45, 2.75) is 19.0 Å². The number of hydrogen-bond donors (Lipinski definition) is 1. The van der Waals surface area contributed by atoms with Crippen molar-refractivity contribution in [3.05, 3.63) is 57.8 Å². The minimum atomic E-state index is 0.373. The SMILES string of the molecule is NCC(c1cccs1)N1CCc2ccccc2C1. The summed E-state index contributed by atoms with van der Waals surface area (Å²) in [7, 11) is 0. The molecule has 18 heavy (non-hydrogen) atoms. The molecule has 0 amide bonds. The minimum Gasteiger partial charge on any atom is -0.329 e. The molecule has 0 bridgehead atoms. The molecule has 0 saturated carbocycles. The van der Waals surface area contributed by atoms with Crippen molar-refractivity contribution in [1.29, 1.82) is 0 Å². The van der Waals surface area contributed by atoms with E-state index >= 15 is 0 Å². The Morgan fingerprint density at radius 2 is 2.00 bits per heavy atom. The Hall–Kier alpha value is -1.16. The predicted molar refractivity (Wildman–Crippen MR) is 76.7 cm³/mol. The summed E-state index contributed by atoms with van der Waals surface area (Å²) >= 11 is 1.81. The van der Waals surface area contributed by atoms with Gasteiger partial charge in [0.05, 0.1) is 6.04 Å². The first kappa shape index (κ1) is 11.9. The molecular weight excluding hydrogens is 240 g/mol. The van der Waals surface area contributed by atoms with Gasteiger partial charge >= 0.3 is 0 Å². The lowest BCUT2D eigenvalue weighted by Crippen LogP contribution is -2.37. The third kappa shape index (κ3) is 2.21. The molecule has 1 aromatic heterocycles. The van der Waals surface area contributed by atoms with E-state index in [9.17, 15) is 0 Å². The summed E-state index contributed by atoms with van der Waals surface area (Å²) < 4.78 is 0. The third-order valence-corrected chi connectivity index (χ3v) is 4.67. The van der Waals surface area contributed by atoms with Crippen LogP contribution in [-0.2, 0) is 13.0 Å². The second kappa shape index (κ2) is 5.22. The zero-order chi connectivity index (χ0) is 12.4. The summed E-state index contributed by atoms with van der Waals surface area (Å²) in [4.78, 5) is 3.89. The summed E-state index contributed by atoms with van der Waals surface area (Å²) in [6, 6.07) is 13.4. The Labute approximate surface area is 112 Å². The van der Waals surface area contributed by atoms with Crippen LogP contribution in [-0.4, -0.2) is 18.0 Å². The summed E-state index contributed by atoms with van der Waals surface area (Å²) in [6.45, 7) is 2.83. The van der Waals surface area contributed by atoms with Crippen LogP contribution in [0, 0.1) is 0 Å². The molecule has 0 fully saturated rings. The maximum Gasteiger partial charge on any atom is 0.0567 e. The highest BCUT2D eigenvalue weighted by molar-refractivity contribution is 7.10. The van der Waals surface area contributed by atoms with Gasteiger partial charge < -0.3 is 5.73 Å². The van der Waals surface area contributed by atoms with Gasteiger partial charge in [-0.2, -0.15) is 0 Å². The van der Waals surface area contributed by atoms with Gasteiger partial charge in [0.1, 0.15) is 0 Å². The molecule has 2 nitrogen and oxygen atoms in total. The van der Waals surface area contributed by atoms with E-state index in [0.29, 0.717) is 12.6 Å². The van der Waals surface area contributed by atoms with Gasteiger partial charge in [0, 0.05) is 24.5 Å². The molecule has 1 atom stereocenters. The molecule has 1 unspecified atom stereocenters. The number of rotatable bonds is 3. The van der Waals surface area contributed by atoms with Gasteiger partial charge in [0.25, 0.3) is 0 Å². The van der Waals surface area contributed by atoms with Gasteiger partial charge in [0.15, 0.2) is 0 Å². The summed E-state index contributed by atoms with van der Waals surface area (Å²) in [5.74, 6) is 0. The van der Waals surface area contributed by atoms with Crippen LogP contribution in [0.4, 0.5) is 0 Å². The van der Waals surface area contributed by atoms with E-state index in [2.05, 4.69) is 46.7 Å².